The fourth-order valence-electron chi connectivity index (χ4n) is 1.26. The summed E-state index contributed by atoms with van der Waals surface area (Å²) in [4.78, 5) is 11.4. The van der Waals surface area contributed by atoms with E-state index in [0.717, 1.165) is 0 Å². The van der Waals surface area contributed by atoms with Crippen LogP contribution in [-0.4, -0.2) is 42.7 Å². The molecule has 0 amide bonds. The van der Waals surface area contributed by atoms with Gasteiger partial charge >= 0.3 is 5.69 Å². The van der Waals surface area contributed by atoms with Crippen LogP contribution in [0.2, 0.25) is 0 Å². The summed E-state index contributed by atoms with van der Waals surface area (Å²) in [6, 6.07) is 0. The Morgan fingerprint density at radius 3 is 2.50 bits per heavy atom. The summed E-state index contributed by atoms with van der Waals surface area (Å²) in [5, 5.41) is 2.98. The maximum atomic E-state index is 11.4. The lowest BCUT2D eigenvalue weighted by molar-refractivity contribution is 0.577. The largest absolute Gasteiger partial charge is 0.327 e. The standard InChI is InChI=1S/C9H17N3O3S/c1-11-6-7-12(9(11)13)5-3-10-4-8-16(2,14)15/h6-7,10H,3-5,8H2,1-2H3. The van der Waals surface area contributed by atoms with Gasteiger partial charge in [-0.15, -0.1) is 0 Å². The molecular weight excluding hydrogens is 230 g/mol. The third-order valence-electron chi connectivity index (χ3n) is 2.20. The number of nitrogens with zero attached hydrogens (tertiary/aromatic N) is 2. The molecule has 0 bridgehead atoms. The van der Waals surface area contributed by atoms with E-state index in [1.807, 2.05) is 0 Å². The van der Waals surface area contributed by atoms with Crippen molar-refractivity contribution >= 4 is 9.84 Å². The number of aromatic nitrogens is 2. The molecule has 1 heterocycles. The fraction of sp³-hybridized carbons (Fsp3) is 0.667. The normalized spacial score (nSPS) is 11.9. The van der Waals surface area contributed by atoms with Crippen LogP contribution in [0.5, 0.6) is 0 Å². The lowest BCUT2D eigenvalue weighted by Gasteiger charge is -2.03. The molecule has 6 nitrogen and oxygen atoms in total. The number of hydrogen-bond acceptors (Lipinski definition) is 4. The molecule has 1 rings (SSSR count). The van der Waals surface area contributed by atoms with Crippen LogP contribution in [0.3, 0.4) is 0 Å². The zero-order valence-electron chi connectivity index (χ0n) is 9.51. The zero-order valence-corrected chi connectivity index (χ0v) is 10.3. The third-order valence-corrected chi connectivity index (χ3v) is 3.14. The highest BCUT2D eigenvalue weighted by Crippen LogP contribution is 1.82. The van der Waals surface area contributed by atoms with Gasteiger partial charge < -0.3 is 9.88 Å². The summed E-state index contributed by atoms with van der Waals surface area (Å²) in [5.41, 5.74) is -0.0649. The second kappa shape index (κ2) is 5.31. The predicted octanol–water partition coefficient (Wildman–Crippen LogP) is -1.18. The molecule has 0 spiro atoms. The van der Waals surface area contributed by atoms with Crippen molar-refractivity contribution < 1.29 is 8.42 Å². The maximum absolute atomic E-state index is 11.4. The van der Waals surface area contributed by atoms with E-state index in [1.165, 1.54) is 10.8 Å². The molecule has 0 saturated heterocycles. The van der Waals surface area contributed by atoms with Crippen molar-refractivity contribution in [2.24, 2.45) is 7.05 Å². The van der Waals surface area contributed by atoms with E-state index >= 15 is 0 Å². The molecule has 0 radical (unpaired) electrons. The van der Waals surface area contributed by atoms with E-state index in [4.69, 9.17) is 0 Å². The molecule has 0 fully saturated rings. The van der Waals surface area contributed by atoms with Crippen LogP contribution in [0.1, 0.15) is 0 Å². The smallest absolute Gasteiger partial charge is 0.314 e. The van der Waals surface area contributed by atoms with E-state index < -0.39 is 9.84 Å². The average Bonchev–Trinajstić information content (AvgIpc) is 2.47. The van der Waals surface area contributed by atoms with Crippen molar-refractivity contribution in [1.82, 2.24) is 14.5 Å². The van der Waals surface area contributed by atoms with Gasteiger partial charge in [-0.05, 0) is 0 Å². The maximum Gasteiger partial charge on any atom is 0.327 e. The van der Waals surface area contributed by atoms with Gasteiger partial charge in [0.15, 0.2) is 0 Å². The molecule has 16 heavy (non-hydrogen) atoms. The van der Waals surface area contributed by atoms with Crippen molar-refractivity contribution in [2.45, 2.75) is 6.54 Å². The monoisotopic (exact) mass is 247 g/mol. The number of sulfone groups is 1. The summed E-state index contributed by atoms with van der Waals surface area (Å²) in [6.45, 7) is 1.54. The van der Waals surface area contributed by atoms with Crippen LogP contribution in [0.4, 0.5) is 0 Å². The van der Waals surface area contributed by atoms with Crippen molar-refractivity contribution in [3.05, 3.63) is 22.9 Å². The highest BCUT2D eigenvalue weighted by Gasteiger charge is 2.01. The van der Waals surface area contributed by atoms with E-state index in [-0.39, 0.29) is 11.4 Å². The van der Waals surface area contributed by atoms with Gasteiger partial charge in [0.25, 0.3) is 0 Å². The number of rotatable bonds is 6. The van der Waals surface area contributed by atoms with Gasteiger partial charge in [0, 0.05) is 45.3 Å². The van der Waals surface area contributed by atoms with Crippen molar-refractivity contribution in [3.8, 4) is 0 Å². The summed E-state index contributed by atoms with van der Waals surface area (Å²) in [6.07, 6.45) is 4.61. The Morgan fingerprint density at radius 1 is 1.31 bits per heavy atom. The topological polar surface area (TPSA) is 73.1 Å². The van der Waals surface area contributed by atoms with Crippen LogP contribution >= 0.6 is 0 Å². The molecule has 0 aliphatic carbocycles. The van der Waals surface area contributed by atoms with Gasteiger partial charge in [-0.3, -0.25) is 4.57 Å². The highest BCUT2D eigenvalue weighted by molar-refractivity contribution is 7.90. The quantitative estimate of drug-likeness (QED) is 0.642. The second-order valence-electron chi connectivity index (χ2n) is 3.76. The Labute approximate surface area is 94.8 Å². The van der Waals surface area contributed by atoms with E-state index in [0.29, 0.717) is 19.6 Å². The van der Waals surface area contributed by atoms with Gasteiger partial charge in [-0.1, -0.05) is 0 Å². The summed E-state index contributed by atoms with van der Waals surface area (Å²) >= 11 is 0. The minimum Gasteiger partial charge on any atom is -0.314 e. The second-order valence-corrected chi connectivity index (χ2v) is 6.02. The summed E-state index contributed by atoms with van der Waals surface area (Å²) in [7, 11) is -1.22. The molecule has 0 aliphatic rings. The van der Waals surface area contributed by atoms with Crippen LogP contribution in [-0.2, 0) is 23.4 Å². The minimum absolute atomic E-state index is 0.0649. The Hall–Kier alpha value is -1.08. The Kier molecular flexibility index (Phi) is 4.31. The van der Waals surface area contributed by atoms with Crippen LogP contribution < -0.4 is 11.0 Å². The first-order chi connectivity index (χ1) is 7.40. The number of imidazole rings is 1. The molecular formula is C9H17N3O3S. The van der Waals surface area contributed by atoms with Crippen molar-refractivity contribution in [1.29, 1.82) is 0 Å². The first-order valence-corrected chi connectivity index (χ1v) is 7.06. The molecule has 0 unspecified atom stereocenters. The first kappa shape index (κ1) is 13.0. The number of nitrogens with one attached hydrogen (secondary N) is 1. The molecule has 0 atom stereocenters. The minimum atomic E-state index is -2.91. The molecule has 92 valence electrons. The Bertz CT molecular complexity index is 486. The lowest BCUT2D eigenvalue weighted by Crippen LogP contribution is -2.29. The first-order valence-electron chi connectivity index (χ1n) is 5.00. The van der Waals surface area contributed by atoms with Crippen LogP contribution in [0.25, 0.3) is 0 Å². The highest BCUT2D eigenvalue weighted by atomic mass is 32.2. The third kappa shape index (κ3) is 4.19. The van der Waals surface area contributed by atoms with Crippen LogP contribution in [0, 0.1) is 0 Å². The van der Waals surface area contributed by atoms with Gasteiger partial charge in [0.05, 0.1) is 5.75 Å². The molecule has 1 aromatic heterocycles. The molecule has 0 aliphatic heterocycles. The number of aryl methyl sites for hydroxylation is 1. The molecule has 1 aromatic rings. The van der Waals surface area contributed by atoms with Gasteiger partial charge in [-0.2, -0.15) is 0 Å². The van der Waals surface area contributed by atoms with Crippen molar-refractivity contribution in [3.63, 3.8) is 0 Å². The van der Waals surface area contributed by atoms with Crippen molar-refractivity contribution in [2.75, 3.05) is 25.1 Å². The summed E-state index contributed by atoms with van der Waals surface area (Å²) in [5.74, 6) is 0.122. The van der Waals surface area contributed by atoms with Gasteiger partial charge in [0.1, 0.15) is 9.84 Å². The number of hydrogen-bond donors (Lipinski definition) is 1. The Balaban J connectivity index is 2.27. The zero-order chi connectivity index (χ0) is 12.2. The van der Waals surface area contributed by atoms with E-state index in [2.05, 4.69) is 5.32 Å². The molecule has 7 heteroatoms. The molecule has 0 saturated carbocycles. The molecule has 0 aromatic carbocycles. The van der Waals surface area contributed by atoms with Gasteiger partial charge in [-0.25, -0.2) is 13.2 Å². The fourth-order valence-corrected chi connectivity index (χ4v) is 1.78. The average molecular weight is 247 g/mol. The molecule has 1 N–H and O–H groups in total. The van der Waals surface area contributed by atoms with E-state index in [1.54, 1.807) is 24.0 Å². The SMILES string of the molecule is Cn1ccn(CCNCCS(C)(=O)=O)c1=O. The summed E-state index contributed by atoms with van der Waals surface area (Å²) < 4.78 is 24.7. The van der Waals surface area contributed by atoms with Gasteiger partial charge in [0.2, 0.25) is 0 Å². The van der Waals surface area contributed by atoms with Crippen LogP contribution in [0.15, 0.2) is 17.2 Å². The predicted molar refractivity (Wildman–Crippen MR) is 62.3 cm³/mol. The lowest BCUT2D eigenvalue weighted by atomic mass is 10.6. The Morgan fingerprint density at radius 2 is 2.00 bits per heavy atom. The van der Waals surface area contributed by atoms with E-state index in [9.17, 15) is 13.2 Å².